The van der Waals surface area contributed by atoms with Gasteiger partial charge in [0.1, 0.15) is 5.82 Å². The second kappa shape index (κ2) is 7.63. The Morgan fingerprint density at radius 2 is 1.81 bits per heavy atom. The number of rotatable bonds is 6. The van der Waals surface area contributed by atoms with Crippen LogP contribution in [0.15, 0.2) is 72.1 Å². The summed E-state index contributed by atoms with van der Waals surface area (Å²) in [6.45, 7) is 0. The smallest absolute Gasteiger partial charge is 0.210 e. The van der Waals surface area contributed by atoms with E-state index in [1.54, 1.807) is 24.4 Å². The van der Waals surface area contributed by atoms with E-state index in [2.05, 4.69) is 15.3 Å². The molecule has 0 amide bonds. The van der Waals surface area contributed by atoms with Crippen LogP contribution in [0, 0.1) is 5.82 Å². The van der Waals surface area contributed by atoms with Crippen LogP contribution in [0.2, 0.25) is 0 Å². The van der Waals surface area contributed by atoms with Crippen molar-refractivity contribution in [2.24, 2.45) is 0 Å². The number of hydrogen-bond donors (Lipinski definition) is 1. The molecular weight excluding hydrogens is 363 g/mol. The van der Waals surface area contributed by atoms with Gasteiger partial charge in [-0.2, -0.15) is 5.10 Å². The predicted molar refractivity (Wildman–Crippen MR) is 103 cm³/mol. The minimum absolute atomic E-state index is 0.271. The summed E-state index contributed by atoms with van der Waals surface area (Å²) in [5.74, 6) is 7.05. The normalized spacial score (nSPS) is 11.0. The molecule has 0 saturated heterocycles. The molecule has 4 aromatic rings. The molecule has 0 aliphatic heterocycles. The van der Waals surface area contributed by atoms with Crippen LogP contribution in [0.5, 0.6) is 0 Å². The van der Waals surface area contributed by atoms with Crippen molar-refractivity contribution < 1.29 is 4.39 Å². The monoisotopic (exact) mass is 380 g/mol. The lowest BCUT2D eigenvalue weighted by Gasteiger charge is -2.06. The Kier molecular flexibility index (Phi) is 4.88. The molecule has 27 heavy (non-hydrogen) atoms. The van der Waals surface area contributed by atoms with Crippen molar-refractivity contribution in [3.05, 3.63) is 89.8 Å². The van der Waals surface area contributed by atoms with E-state index in [0.717, 1.165) is 11.3 Å². The van der Waals surface area contributed by atoms with Gasteiger partial charge in [0.25, 0.3) is 0 Å². The molecule has 0 aliphatic rings. The van der Waals surface area contributed by atoms with E-state index < -0.39 is 0 Å². The maximum Gasteiger partial charge on any atom is 0.210 e. The molecule has 8 heteroatoms. The van der Waals surface area contributed by atoms with Gasteiger partial charge in [-0.3, -0.25) is 0 Å². The van der Waals surface area contributed by atoms with E-state index in [-0.39, 0.29) is 5.82 Å². The topological polar surface area (TPSA) is 74.6 Å². The molecule has 4 rings (SSSR count). The lowest BCUT2D eigenvalue weighted by molar-refractivity contribution is 0.610. The van der Waals surface area contributed by atoms with Gasteiger partial charge in [0.05, 0.1) is 5.69 Å². The third-order valence-electron chi connectivity index (χ3n) is 4.11. The van der Waals surface area contributed by atoms with Gasteiger partial charge in [0, 0.05) is 24.6 Å². The van der Waals surface area contributed by atoms with Gasteiger partial charge in [0.2, 0.25) is 5.16 Å². The zero-order chi connectivity index (χ0) is 18.6. The third-order valence-corrected chi connectivity index (χ3v) is 5.13. The van der Waals surface area contributed by atoms with Gasteiger partial charge in [-0.25, -0.2) is 13.7 Å². The van der Waals surface area contributed by atoms with Crippen LogP contribution < -0.4 is 5.84 Å². The molecule has 136 valence electrons. The van der Waals surface area contributed by atoms with Crippen LogP contribution in [-0.4, -0.2) is 24.7 Å². The zero-order valence-corrected chi connectivity index (χ0v) is 15.2. The van der Waals surface area contributed by atoms with Gasteiger partial charge in [-0.1, -0.05) is 42.1 Å². The summed E-state index contributed by atoms with van der Waals surface area (Å²) >= 11 is 1.49. The van der Waals surface area contributed by atoms with Crippen LogP contribution in [0.4, 0.5) is 4.39 Å². The molecule has 2 aromatic heterocycles. The molecule has 2 heterocycles. The van der Waals surface area contributed by atoms with E-state index >= 15 is 0 Å². The van der Waals surface area contributed by atoms with Crippen LogP contribution in [0.3, 0.4) is 0 Å². The summed E-state index contributed by atoms with van der Waals surface area (Å²) in [4.78, 5) is 0. The predicted octanol–water partition coefficient (Wildman–Crippen LogP) is 3.20. The molecule has 0 atom stereocenters. The number of thioether (sulfide) groups is 1. The maximum absolute atomic E-state index is 13.8. The molecule has 0 saturated carbocycles. The van der Waals surface area contributed by atoms with Gasteiger partial charge >= 0.3 is 0 Å². The summed E-state index contributed by atoms with van der Waals surface area (Å²) < 4.78 is 17.0. The van der Waals surface area contributed by atoms with Crippen molar-refractivity contribution in [2.75, 3.05) is 5.84 Å². The number of nitrogens with two attached hydrogens (primary N) is 1. The summed E-state index contributed by atoms with van der Waals surface area (Å²) in [5.41, 5.74) is 2.68. The Labute approximate surface area is 159 Å². The van der Waals surface area contributed by atoms with Crippen molar-refractivity contribution in [2.45, 2.75) is 17.3 Å². The van der Waals surface area contributed by atoms with E-state index in [4.69, 9.17) is 5.84 Å². The number of nitrogen functional groups attached to an aromatic ring is 1. The van der Waals surface area contributed by atoms with Crippen LogP contribution in [-0.2, 0) is 12.2 Å². The van der Waals surface area contributed by atoms with Gasteiger partial charge in [-0.15, -0.1) is 10.2 Å². The Balaban J connectivity index is 1.42. The lowest BCUT2D eigenvalue weighted by Crippen LogP contribution is -2.14. The second-order valence-corrected chi connectivity index (χ2v) is 6.89. The number of hydrogen-bond acceptors (Lipinski definition) is 5. The summed E-state index contributed by atoms with van der Waals surface area (Å²) in [6, 6.07) is 16.6. The fourth-order valence-electron chi connectivity index (χ4n) is 2.65. The first-order chi connectivity index (χ1) is 13.2. The molecule has 0 aliphatic carbocycles. The minimum atomic E-state index is -0.271. The number of aromatic nitrogens is 5. The van der Waals surface area contributed by atoms with Gasteiger partial charge in [0.15, 0.2) is 5.82 Å². The highest BCUT2D eigenvalue weighted by molar-refractivity contribution is 7.98. The van der Waals surface area contributed by atoms with Crippen LogP contribution >= 0.6 is 11.8 Å². The molecule has 0 fully saturated rings. The number of benzene rings is 2. The quantitative estimate of drug-likeness (QED) is 0.411. The van der Waals surface area contributed by atoms with E-state index in [0.29, 0.717) is 28.7 Å². The molecule has 2 N–H and O–H groups in total. The molecule has 0 unspecified atom stereocenters. The number of halogens is 1. The van der Waals surface area contributed by atoms with Crippen molar-refractivity contribution in [3.63, 3.8) is 0 Å². The minimum Gasteiger partial charge on any atom is -0.336 e. The summed E-state index contributed by atoms with van der Waals surface area (Å²) in [6.07, 6.45) is 3.95. The van der Waals surface area contributed by atoms with Crippen molar-refractivity contribution >= 4 is 11.8 Å². The highest BCUT2D eigenvalue weighted by atomic mass is 32.2. The highest BCUT2D eigenvalue weighted by Crippen LogP contribution is 2.22. The van der Waals surface area contributed by atoms with Crippen molar-refractivity contribution in [1.29, 1.82) is 0 Å². The van der Waals surface area contributed by atoms with Crippen LogP contribution in [0.25, 0.3) is 5.69 Å². The standard InChI is InChI=1S/C19H17FN6S/c20-17-5-2-1-4-15(17)12-18-23-24-19(26(18)21)27-13-14-6-8-16(9-7-14)25-11-3-10-22-25/h1-11H,12-13,21H2. The molecule has 0 spiro atoms. The lowest BCUT2D eigenvalue weighted by atomic mass is 10.1. The van der Waals surface area contributed by atoms with Crippen molar-refractivity contribution in [3.8, 4) is 5.69 Å². The van der Waals surface area contributed by atoms with Crippen LogP contribution in [0.1, 0.15) is 17.0 Å². The Morgan fingerprint density at radius 1 is 1.00 bits per heavy atom. The van der Waals surface area contributed by atoms with E-state index in [1.165, 1.54) is 22.5 Å². The highest BCUT2D eigenvalue weighted by Gasteiger charge is 2.13. The summed E-state index contributed by atoms with van der Waals surface area (Å²) in [5, 5.41) is 13.0. The first kappa shape index (κ1) is 17.3. The first-order valence-corrected chi connectivity index (χ1v) is 9.34. The zero-order valence-electron chi connectivity index (χ0n) is 14.4. The van der Waals surface area contributed by atoms with E-state index in [9.17, 15) is 4.39 Å². The molecular formula is C19H17FN6S. The van der Waals surface area contributed by atoms with E-state index in [1.807, 2.05) is 41.2 Å². The fourth-order valence-corrected chi connectivity index (χ4v) is 3.48. The second-order valence-electron chi connectivity index (χ2n) is 5.94. The average Bonchev–Trinajstić information content (AvgIpc) is 3.34. The summed E-state index contributed by atoms with van der Waals surface area (Å²) in [7, 11) is 0. The number of nitrogens with zero attached hydrogens (tertiary/aromatic N) is 5. The molecule has 2 aromatic carbocycles. The van der Waals surface area contributed by atoms with Gasteiger partial charge < -0.3 is 5.84 Å². The maximum atomic E-state index is 13.8. The largest absolute Gasteiger partial charge is 0.336 e. The average molecular weight is 380 g/mol. The third kappa shape index (κ3) is 3.85. The molecule has 0 radical (unpaired) electrons. The SMILES string of the molecule is Nn1c(Cc2ccccc2F)nnc1SCc1ccc(-n2cccn2)cc1. The first-order valence-electron chi connectivity index (χ1n) is 8.35. The molecule has 6 nitrogen and oxygen atoms in total. The van der Waals surface area contributed by atoms with Gasteiger partial charge in [-0.05, 0) is 35.4 Å². The Hall–Kier alpha value is -3.13. The van der Waals surface area contributed by atoms with Crippen molar-refractivity contribution in [1.82, 2.24) is 24.7 Å². The molecule has 0 bridgehead atoms. The Bertz CT molecular complexity index is 1030. The fraction of sp³-hybridized carbons (Fsp3) is 0.105. The Morgan fingerprint density at radius 3 is 2.56 bits per heavy atom.